The third-order valence-corrected chi connectivity index (χ3v) is 4.24. The molecule has 9 nitrogen and oxygen atoms in total. The summed E-state index contributed by atoms with van der Waals surface area (Å²) in [7, 11) is 0. The Labute approximate surface area is 173 Å². The maximum atomic E-state index is 13.5. The Hall–Kier alpha value is -4.41. The highest BCUT2D eigenvalue weighted by molar-refractivity contribution is 6.03. The minimum absolute atomic E-state index is 0.0366. The smallest absolute Gasteiger partial charge is 0.335 e. The summed E-state index contributed by atoms with van der Waals surface area (Å²) in [6.45, 7) is 0. The summed E-state index contributed by atoms with van der Waals surface area (Å²) in [4.78, 5) is 31.4. The molecule has 4 aromatic rings. The molecule has 3 heterocycles. The number of aromatic carboxylic acids is 1. The molecule has 0 spiro atoms. The topological polar surface area (TPSA) is 123 Å². The molecule has 1 aromatic carbocycles. The number of rotatable bonds is 6. The fourth-order valence-electron chi connectivity index (χ4n) is 2.73. The van der Waals surface area contributed by atoms with Gasteiger partial charge in [-0.1, -0.05) is 0 Å². The van der Waals surface area contributed by atoms with Crippen LogP contribution < -0.4 is 5.32 Å². The third kappa shape index (κ3) is 4.15. The van der Waals surface area contributed by atoms with Crippen molar-refractivity contribution in [2.75, 3.05) is 5.32 Å². The number of aromatic nitrogens is 4. The highest BCUT2D eigenvalue weighted by atomic mass is 19.3. The Balaban J connectivity index is 1.58. The van der Waals surface area contributed by atoms with Gasteiger partial charge >= 0.3 is 5.97 Å². The van der Waals surface area contributed by atoms with Crippen LogP contribution >= 0.6 is 0 Å². The van der Waals surface area contributed by atoms with Crippen LogP contribution in [-0.2, 0) is 0 Å². The van der Waals surface area contributed by atoms with E-state index < -0.39 is 24.0 Å². The van der Waals surface area contributed by atoms with Crippen molar-refractivity contribution >= 4 is 17.6 Å². The van der Waals surface area contributed by atoms with Crippen LogP contribution in [0.15, 0.2) is 65.7 Å². The lowest BCUT2D eigenvalue weighted by molar-refractivity contribution is 0.0696. The average molecular weight is 425 g/mol. The van der Waals surface area contributed by atoms with Crippen molar-refractivity contribution in [2.24, 2.45) is 0 Å². The summed E-state index contributed by atoms with van der Waals surface area (Å²) in [5.74, 6) is -1.70. The number of benzene rings is 1. The number of alkyl halides is 2. The normalized spacial score (nSPS) is 10.9. The Kier molecular flexibility index (Phi) is 5.22. The number of nitrogens with one attached hydrogen (secondary N) is 1. The molecule has 0 radical (unpaired) electrons. The highest BCUT2D eigenvalue weighted by Gasteiger charge is 2.22. The lowest BCUT2D eigenvalue weighted by Gasteiger charge is -2.02. The molecule has 31 heavy (non-hydrogen) atoms. The summed E-state index contributed by atoms with van der Waals surface area (Å²) in [6, 6.07) is 8.74. The SMILES string of the molecule is O=C(O)c1ccc(-n2cc(NC(=O)c3coc(-c4ccncc4)n3)c(C(F)F)n2)cc1. The number of carboxylic acids is 1. The number of amides is 1. The fraction of sp³-hybridized carbons (Fsp3) is 0.0500. The van der Waals surface area contributed by atoms with Gasteiger partial charge in [0.15, 0.2) is 11.4 Å². The van der Waals surface area contributed by atoms with Crippen molar-refractivity contribution in [1.82, 2.24) is 19.7 Å². The molecule has 0 saturated heterocycles. The van der Waals surface area contributed by atoms with E-state index >= 15 is 0 Å². The molecule has 1 amide bonds. The van der Waals surface area contributed by atoms with E-state index in [-0.39, 0.29) is 22.8 Å². The lowest BCUT2D eigenvalue weighted by atomic mass is 10.2. The van der Waals surface area contributed by atoms with E-state index in [1.54, 1.807) is 12.1 Å². The molecular weight excluding hydrogens is 412 g/mol. The van der Waals surface area contributed by atoms with Gasteiger partial charge in [0, 0.05) is 18.0 Å². The molecule has 0 aliphatic rings. The second-order valence-corrected chi connectivity index (χ2v) is 6.25. The van der Waals surface area contributed by atoms with Gasteiger partial charge in [-0.15, -0.1) is 0 Å². The predicted octanol–water partition coefficient (Wildman–Crippen LogP) is 3.81. The first-order valence-corrected chi connectivity index (χ1v) is 8.81. The molecule has 0 aliphatic heterocycles. The van der Waals surface area contributed by atoms with Crippen molar-refractivity contribution in [3.05, 3.63) is 78.2 Å². The maximum Gasteiger partial charge on any atom is 0.335 e. The van der Waals surface area contributed by atoms with Gasteiger partial charge < -0.3 is 14.8 Å². The monoisotopic (exact) mass is 425 g/mol. The second-order valence-electron chi connectivity index (χ2n) is 6.25. The predicted molar refractivity (Wildman–Crippen MR) is 103 cm³/mol. The van der Waals surface area contributed by atoms with E-state index in [9.17, 15) is 18.4 Å². The number of carbonyl (C=O) groups excluding carboxylic acids is 1. The number of carbonyl (C=O) groups is 2. The van der Waals surface area contributed by atoms with E-state index in [1.807, 2.05) is 0 Å². The van der Waals surface area contributed by atoms with Crippen LogP contribution in [0.2, 0.25) is 0 Å². The van der Waals surface area contributed by atoms with E-state index in [1.165, 1.54) is 42.9 Å². The van der Waals surface area contributed by atoms with Crippen LogP contribution in [-0.4, -0.2) is 36.7 Å². The molecule has 11 heteroatoms. The molecule has 0 aliphatic carbocycles. The van der Waals surface area contributed by atoms with Crippen molar-refractivity contribution < 1.29 is 27.9 Å². The van der Waals surface area contributed by atoms with E-state index in [2.05, 4.69) is 20.4 Å². The standard InChI is InChI=1S/C20H13F2N5O4/c21-17(22)16-14(9-27(26-16)13-3-1-12(2-4-13)20(29)30)24-18(28)15-10-31-19(25-15)11-5-7-23-8-6-11/h1-10,17H,(H,24,28)(H,29,30). The van der Waals surface area contributed by atoms with Gasteiger partial charge in [-0.2, -0.15) is 5.10 Å². The molecule has 0 unspecified atom stereocenters. The molecule has 0 atom stereocenters. The van der Waals surface area contributed by atoms with Crippen molar-refractivity contribution in [2.45, 2.75) is 6.43 Å². The number of halogens is 2. The van der Waals surface area contributed by atoms with Crippen LogP contribution in [0.4, 0.5) is 14.5 Å². The summed E-state index contributed by atoms with van der Waals surface area (Å²) in [6.07, 6.45) is 2.43. The van der Waals surface area contributed by atoms with Gasteiger partial charge in [-0.05, 0) is 36.4 Å². The first-order valence-electron chi connectivity index (χ1n) is 8.81. The number of hydrogen-bond acceptors (Lipinski definition) is 6. The van der Waals surface area contributed by atoms with Gasteiger partial charge in [0.05, 0.1) is 23.1 Å². The largest absolute Gasteiger partial charge is 0.478 e. The Bertz CT molecular complexity index is 1240. The van der Waals surface area contributed by atoms with Crippen LogP contribution in [0.1, 0.15) is 33.0 Å². The first-order chi connectivity index (χ1) is 14.9. The zero-order valence-corrected chi connectivity index (χ0v) is 15.6. The molecule has 0 bridgehead atoms. The molecule has 3 aromatic heterocycles. The number of carboxylic acid groups (broad SMARTS) is 1. The van der Waals surface area contributed by atoms with Crippen LogP contribution in [0.25, 0.3) is 17.1 Å². The minimum Gasteiger partial charge on any atom is -0.478 e. The van der Waals surface area contributed by atoms with Crippen LogP contribution in [0.5, 0.6) is 0 Å². The summed E-state index contributed by atoms with van der Waals surface area (Å²) in [5.41, 5.74) is 0.0122. The Morgan fingerprint density at radius 1 is 1.10 bits per heavy atom. The molecule has 4 rings (SSSR count). The van der Waals surface area contributed by atoms with Gasteiger partial charge in [-0.3, -0.25) is 9.78 Å². The van der Waals surface area contributed by atoms with E-state index in [0.29, 0.717) is 11.3 Å². The van der Waals surface area contributed by atoms with Gasteiger partial charge in [0.25, 0.3) is 12.3 Å². The van der Waals surface area contributed by atoms with Gasteiger partial charge in [0.1, 0.15) is 6.26 Å². The van der Waals surface area contributed by atoms with E-state index in [0.717, 1.165) is 10.9 Å². The van der Waals surface area contributed by atoms with Crippen molar-refractivity contribution in [1.29, 1.82) is 0 Å². The summed E-state index contributed by atoms with van der Waals surface area (Å²) in [5, 5.41) is 15.1. The fourth-order valence-corrected chi connectivity index (χ4v) is 2.73. The molecule has 0 saturated carbocycles. The first kappa shape index (κ1) is 19.9. The minimum atomic E-state index is -2.96. The molecular formula is C20H13F2N5O4. The van der Waals surface area contributed by atoms with Crippen LogP contribution in [0.3, 0.4) is 0 Å². The number of pyridine rings is 1. The molecule has 0 fully saturated rings. The Morgan fingerprint density at radius 2 is 1.81 bits per heavy atom. The van der Waals surface area contributed by atoms with E-state index in [4.69, 9.17) is 9.52 Å². The summed E-state index contributed by atoms with van der Waals surface area (Å²) < 4.78 is 33.3. The zero-order valence-electron chi connectivity index (χ0n) is 15.6. The zero-order chi connectivity index (χ0) is 22.0. The number of hydrogen-bond donors (Lipinski definition) is 2. The Morgan fingerprint density at radius 3 is 2.45 bits per heavy atom. The average Bonchev–Trinajstić information content (AvgIpc) is 3.42. The van der Waals surface area contributed by atoms with Crippen LogP contribution in [0, 0.1) is 0 Å². The maximum absolute atomic E-state index is 13.5. The third-order valence-electron chi connectivity index (χ3n) is 4.24. The van der Waals surface area contributed by atoms with Crippen molar-refractivity contribution in [3.8, 4) is 17.1 Å². The number of oxazole rings is 1. The second kappa shape index (κ2) is 8.14. The number of nitrogens with zero attached hydrogens (tertiary/aromatic N) is 4. The molecule has 156 valence electrons. The number of anilines is 1. The quantitative estimate of drug-likeness (QED) is 0.481. The van der Waals surface area contributed by atoms with Gasteiger partial charge in [0.2, 0.25) is 5.89 Å². The summed E-state index contributed by atoms with van der Waals surface area (Å²) >= 11 is 0. The highest BCUT2D eigenvalue weighted by Crippen LogP contribution is 2.28. The lowest BCUT2D eigenvalue weighted by Crippen LogP contribution is -2.13. The molecule has 2 N–H and O–H groups in total. The van der Waals surface area contributed by atoms with Crippen molar-refractivity contribution in [3.63, 3.8) is 0 Å². The van der Waals surface area contributed by atoms with Gasteiger partial charge in [-0.25, -0.2) is 23.2 Å².